The number of cyclic esters (lactones) is 1. The molecule has 2 heterocycles. The first-order chi connectivity index (χ1) is 11.7. The molecule has 128 valence electrons. The van der Waals surface area contributed by atoms with Crippen molar-refractivity contribution < 1.29 is 9.53 Å². The highest BCUT2D eigenvalue weighted by Crippen LogP contribution is 2.39. The highest BCUT2D eigenvalue weighted by molar-refractivity contribution is 9.11. The molecule has 25 heavy (non-hydrogen) atoms. The fourth-order valence-electron chi connectivity index (χ4n) is 2.94. The van der Waals surface area contributed by atoms with Crippen LogP contribution in [0, 0.1) is 0 Å². The lowest BCUT2D eigenvalue weighted by atomic mass is 9.94. The number of anilines is 2. The highest BCUT2D eigenvalue weighted by Gasteiger charge is 2.34. The smallest absolute Gasteiger partial charge is 0.412 e. The SMILES string of the molecule is CC1(C)OC(=O)Nc2cc3nc(-c4cc(Br)c(N)c(Br)c4)[nH]c3cc21. The van der Waals surface area contributed by atoms with Gasteiger partial charge in [-0.05, 0) is 70.0 Å². The number of H-pyrrole nitrogens is 1. The molecular formula is C17H14Br2N4O2. The number of halogens is 2. The van der Waals surface area contributed by atoms with Crippen LogP contribution in [-0.4, -0.2) is 16.1 Å². The van der Waals surface area contributed by atoms with E-state index < -0.39 is 11.7 Å². The number of hydrogen-bond donors (Lipinski definition) is 3. The number of aromatic nitrogens is 2. The molecule has 3 aromatic rings. The fraction of sp³-hybridized carbons (Fsp3) is 0.176. The summed E-state index contributed by atoms with van der Waals surface area (Å²) in [6.45, 7) is 3.73. The van der Waals surface area contributed by atoms with Crippen molar-refractivity contribution in [3.8, 4) is 11.4 Å². The molecule has 4 rings (SSSR count). The molecule has 1 aromatic heterocycles. The number of carbonyl (C=O) groups excluding carboxylic acids is 1. The lowest BCUT2D eigenvalue weighted by molar-refractivity contribution is 0.0421. The molecule has 1 aliphatic heterocycles. The standard InChI is InChI=1S/C17H14Br2N4O2/c1-17(2)8-5-12-13(6-11(8)23-16(24)25-17)22-15(21-12)7-3-9(18)14(20)10(19)4-7/h3-6H,20H2,1-2H3,(H,21,22)(H,23,24). The third-order valence-electron chi connectivity index (χ3n) is 4.21. The van der Waals surface area contributed by atoms with Crippen molar-refractivity contribution in [1.82, 2.24) is 9.97 Å². The van der Waals surface area contributed by atoms with Crippen LogP contribution in [0.15, 0.2) is 33.2 Å². The number of amides is 1. The maximum absolute atomic E-state index is 11.7. The first-order valence-electron chi connectivity index (χ1n) is 7.54. The molecule has 0 fully saturated rings. The Kier molecular flexibility index (Phi) is 3.59. The molecule has 2 aromatic carbocycles. The van der Waals surface area contributed by atoms with Gasteiger partial charge < -0.3 is 15.5 Å². The monoisotopic (exact) mass is 464 g/mol. The molecule has 0 unspecified atom stereocenters. The number of aromatic amines is 1. The summed E-state index contributed by atoms with van der Waals surface area (Å²) >= 11 is 6.91. The van der Waals surface area contributed by atoms with Crippen LogP contribution in [-0.2, 0) is 10.3 Å². The van der Waals surface area contributed by atoms with Crippen LogP contribution in [0.4, 0.5) is 16.2 Å². The number of nitrogen functional groups attached to an aromatic ring is 1. The second kappa shape index (κ2) is 5.47. The molecular weight excluding hydrogens is 452 g/mol. The number of nitrogens with one attached hydrogen (secondary N) is 2. The zero-order valence-corrected chi connectivity index (χ0v) is 16.6. The van der Waals surface area contributed by atoms with E-state index in [-0.39, 0.29) is 0 Å². The molecule has 8 heteroatoms. The predicted molar refractivity (Wildman–Crippen MR) is 104 cm³/mol. The summed E-state index contributed by atoms with van der Waals surface area (Å²) in [4.78, 5) is 19.7. The Bertz CT molecular complexity index is 1020. The topological polar surface area (TPSA) is 93.0 Å². The fourth-order valence-corrected chi connectivity index (χ4v) is 4.12. The lowest BCUT2D eigenvalue weighted by Gasteiger charge is -2.32. The van der Waals surface area contributed by atoms with Crippen molar-refractivity contribution in [2.45, 2.75) is 19.4 Å². The molecule has 1 amide bonds. The Morgan fingerprint density at radius 3 is 2.52 bits per heavy atom. The Hall–Kier alpha value is -2.06. The second-order valence-corrected chi connectivity index (χ2v) is 8.09. The zero-order chi connectivity index (χ0) is 17.9. The van der Waals surface area contributed by atoms with Gasteiger partial charge in [-0.15, -0.1) is 0 Å². The number of hydrogen-bond acceptors (Lipinski definition) is 4. The number of benzene rings is 2. The van der Waals surface area contributed by atoms with E-state index in [2.05, 4.69) is 47.1 Å². The molecule has 6 nitrogen and oxygen atoms in total. The molecule has 1 aliphatic rings. The first kappa shape index (κ1) is 16.4. The van der Waals surface area contributed by atoms with Gasteiger partial charge in [0.15, 0.2) is 0 Å². The van der Waals surface area contributed by atoms with Gasteiger partial charge in [0, 0.05) is 20.1 Å². The van der Waals surface area contributed by atoms with Gasteiger partial charge >= 0.3 is 6.09 Å². The molecule has 0 bridgehead atoms. The minimum Gasteiger partial charge on any atom is -0.438 e. The number of rotatable bonds is 1. The van der Waals surface area contributed by atoms with Crippen LogP contribution < -0.4 is 11.1 Å². The summed E-state index contributed by atoms with van der Waals surface area (Å²) in [5.74, 6) is 0.712. The maximum atomic E-state index is 11.7. The normalized spacial score (nSPS) is 15.6. The number of imidazole rings is 1. The van der Waals surface area contributed by atoms with E-state index in [1.54, 1.807) is 0 Å². The van der Waals surface area contributed by atoms with Crippen LogP contribution in [0.5, 0.6) is 0 Å². The average molecular weight is 466 g/mol. The molecule has 4 N–H and O–H groups in total. The Morgan fingerprint density at radius 2 is 1.84 bits per heavy atom. The van der Waals surface area contributed by atoms with Gasteiger partial charge in [-0.3, -0.25) is 5.32 Å². The molecule has 0 spiro atoms. The van der Waals surface area contributed by atoms with Crippen molar-refractivity contribution in [2.75, 3.05) is 11.1 Å². The van der Waals surface area contributed by atoms with Crippen LogP contribution in [0.2, 0.25) is 0 Å². The van der Waals surface area contributed by atoms with Crippen LogP contribution in [0.3, 0.4) is 0 Å². The minimum absolute atomic E-state index is 0.459. The highest BCUT2D eigenvalue weighted by atomic mass is 79.9. The van der Waals surface area contributed by atoms with Crippen molar-refractivity contribution >= 4 is 60.4 Å². The minimum atomic E-state index is -0.704. The van der Waals surface area contributed by atoms with Gasteiger partial charge in [0.25, 0.3) is 0 Å². The van der Waals surface area contributed by atoms with E-state index in [0.717, 1.165) is 31.1 Å². The van der Waals surface area contributed by atoms with Crippen molar-refractivity contribution in [1.29, 1.82) is 0 Å². The maximum Gasteiger partial charge on any atom is 0.412 e. The van der Waals surface area contributed by atoms with Crippen molar-refractivity contribution in [3.63, 3.8) is 0 Å². The third kappa shape index (κ3) is 2.69. The summed E-state index contributed by atoms with van der Waals surface area (Å²) in [6.07, 6.45) is -0.459. The average Bonchev–Trinajstić information content (AvgIpc) is 2.92. The van der Waals surface area contributed by atoms with E-state index >= 15 is 0 Å². The van der Waals surface area contributed by atoms with Gasteiger partial charge in [0.2, 0.25) is 0 Å². The first-order valence-corrected chi connectivity index (χ1v) is 9.12. The molecule has 0 radical (unpaired) electrons. The zero-order valence-electron chi connectivity index (χ0n) is 13.4. The number of nitrogens with zero attached hydrogens (tertiary/aromatic N) is 1. The molecule has 0 saturated carbocycles. The van der Waals surface area contributed by atoms with E-state index in [1.165, 1.54) is 0 Å². The van der Waals surface area contributed by atoms with Gasteiger partial charge in [-0.2, -0.15) is 0 Å². The summed E-state index contributed by atoms with van der Waals surface area (Å²) in [6, 6.07) is 7.63. The quantitative estimate of drug-likeness (QED) is 0.434. The van der Waals surface area contributed by atoms with E-state index in [4.69, 9.17) is 10.5 Å². The van der Waals surface area contributed by atoms with Crippen molar-refractivity contribution in [3.05, 3.63) is 38.8 Å². The summed E-state index contributed by atoms with van der Waals surface area (Å²) < 4.78 is 6.95. The molecule has 0 atom stereocenters. The van der Waals surface area contributed by atoms with E-state index in [1.807, 2.05) is 38.1 Å². The summed E-state index contributed by atoms with van der Waals surface area (Å²) in [7, 11) is 0. The predicted octanol–water partition coefficient (Wildman–Crippen LogP) is 5.13. The van der Waals surface area contributed by atoms with Crippen LogP contribution >= 0.6 is 31.9 Å². The largest absolute Gasteiger partial charge is 0.438 e. The van der Waals surface area contributed by atoms with Gasteiger partial charge in [0.05, 0.1) is 22.4 Å². The number of fused-ring (bicyclic) bond motifs is 2. The third-order valence-corrected chi connectivity index (χ3v) is 5.52. The Balaban J connectivity index is 1.88. The van der Waals surface area contributed by atoms with Gasteiger partial charge in [-0.1, -0.05) is 0 Å². The van der Waals surface area contributed by atoms with E-state index in [0.29, 0.717) is 17.2 Å². The second-order valence-electron chi connectivity index (χ2n) is 6.38. The van der Waals surface area contributed by atoms with Crippen LogP contribution in [0.1, 0.15) is 19.4 Å². The lowest BCUT2D eigenvalue weighted by Crippen LogP contribution is -2.34. The Morgan fingerprint density at radius 1 is 1.16 bits per heavy atom. The van der Waals surface area contributed by atoms with Crippen molar-refractivity contribution in [2.24, 2.45) is 0 Å². The van der Waals surface area contributed by atoms with E-state index in [9.17, 15) is 4.79 Å². The van der Waals surface area contributed by atoms with Crippen LogP contribution in [0.25, 0.3) is 22.4 Å². The molecule has 0 aliphatic carbocycles. The number of ether oxygens (including phenoxy) is 1. The Labute approximate surface area is 160 Å². The number of nitrogens with two attached hydrogens (primary N) is 1. The molecule has 0 saturated heterocycles. The van der Waals surface area contributed by atoms with Gasteiger partial charge in [-0.25, -0.2) is 9.78 Å². The number of carbonyl (C=O) groups is 1. The summed E-state index contributed by atoms with van der Waals surface area (Å²) in [5.41, 5.74) is 10.0. The summed E-state index contributed by atoms with van der Waals surface area (Å²) in [5, 5.41) is 2.74. The van der Waals surface area contributed by atoms with Gasteiger partial charge in [0.1, 0.15) is 11.4 Å².